The van der Waals surface area contributed by atoms with E-state index >= 15 is 0 Å². The van der Waals surface area contributed by atoms with Gasteiger partial charge in [0.1, 0.15) is 11.6 Å². The molecule has 0 radical (unpaired) electrons. The Balaban J connectivity index is 2.74. The second-order valence-corrected chi connectivity index (χ2v) is 6.51. The SMILES string of the molecule is C[C@H](NC(=O)[C@@H](CC(N)=O)NC(=O)OC(C)(C)C)c1ccccc1. The van der Waals surface area contributed by atoms with Gasteiger partial charge in [0.15, 0.2) is 0 Å². The second kappa shape index (κ2) is 8.33. The van der Waals surface area contributed by atoms with Crippen molar-refractivity contribution in [1.82, 2.24) is 10.6 Å². The van der Waals surface area contributed by atoms with Crippen LogP contribution in [0.3, 0.4) is 0 Å². The Morgan fingerprint density at radius 2 is 1.71 bits per heavy atom. The van der Waals surface area contributed by atoms with Gasteiger partial charge in [-0.25, -0.2) is 4.79 Å². The molecule has 0 fully saturated rings. The summed E-state index contributed by atoms with van der Waals surface area (Å²) in [5, 5.41) is 5.14. The summed E-state index contributed by atoms with van der Waals surface area (Å²) in [6, 6.07) is 7.95. The van der Waals surface area contributed by atoms with Crippen LogP contribution >= 0.6 is 0 Å². The minimum Gasteiger partial charge on any atom is -0.444 e. The van der Waals surface area contributed by atoms with Crippen molar-refractivity contribution in [3.8, 4) is 0 Å². The Bertz CT molecular complexity index is 581. The second-order valence-electron chi connectivity index (χ2n) is 6.51. The molecule has 0 bridgehead atoms. The molecule has 0 heterocycles. The minimum absolute atomic E-state index is 0.283. The summed E-state index contributed by atoms with van der Waals surface area (Å²) >= 11 is 0. The number of alkyl carbamates (subject to hydrolysis) is 1. The van der Waals surface area contributed by atoms with E-state index in [-0.39, 0.29) is 12.5 Å². The third-order valence-electron chi connectivity index (χ3n) is 3.07. The van der Waals surface area contributed by atoms with Gasteiger partial charge >= 0.3 is 6.09 Å². The summed E-state index contributed by atoms with van der Waals surface area (Å²) in [4.78, 5) is 35.4. The molecule has 24 heavy (non-hydrogen) atoms. The Kier molecular flexibility index (Phi) is 6.76. The molecule has 0 saturated heterocycles. The number of primary amides is 1. The number of rotatable bonds is 6. The number of nitrogens with two attached hydrogens (primary N) is 1. The van der Waals surface area contributed by atoms with Gasteiger partial charge in [-0.2, -0.15) is 0 Å². The van der Waals surface area contributed by atoms with E-state index < -0.39 is 29.6 Å². The molecule has 0 saturated carbocycles. The van der Waals surface area contributed by atoms with E-state index in [1.54, 1.807) is 20.8 Å². The molecular weight excluding hydrogens is 310 g/mol. The van der Waals surface area contributed by atoms with Crippen LogP contribution in [0, 0.1) is 0 Å². The fourth-order valence-electron chi connectivity index (χ4n) is 2.00. The first-order valence-electron chi connectivity index (χ1n) is 7.71. The van der Waals surface area contributed by atoms with Crippen molar-refractivity contribution in [2.75, 3.05) is 0 Å². The molecule has 0 aliphatic carbocycles. The fraction of sp³-hybridized carbons (Fsp3) is 0.471. The molecule has 7 heteroatoms. The lowest BCUT2D eigenvalue weighted by atomic mass is 10.1. The van der Waals surface area contributed by atoms with Gasteiger partial charge in [-0.05, 0) is 33.3 Å². The van der Waals surface area contributed by atoms with Gasteiger partial charge in [-0.1, -0.05) is 30.3 Å². The zero-order valence-electron chi connectivity index (χ0n) is 14.5. The first-order valence-corrected chi connectivity index (χ1v) is 7.71. The lowest BCUT2D eigenvalue weighted by molar-refractivity contribution is -0.127. The summed E-state index contributed by atoms with van der Waals surface area (Å²) in [5.41, 5.74) is 5.36. The zero-order valence-corrected chi connectivity index (χ0v) is 14.5. The normalized spacial score (nSPS) is 13.5. The molecule has 7 nitrogen and oxygen atoms in total. The molecule has 0 unspecified atom stereocenters. The van der Waals surface area contributed by atoms with E-state index in [1.165, 1.54) is 0 Å². The van der Waals surface area contributed by atoms with Gasteiger partial charge in [0.25, 0.3) is 0 Å². The monoisotopic (exact) mass is 335 g/mol. The number of ether oxygens (including phenoxy) is 1. The maximum absolute atomic E-state index is 12.4. The standard InChI is InChI=1S/C17H25N3O4/c1-11(12-8-6-5-7-9-12)19-15(22)13(10-14(18)21)20-16(23)24-17(2,3)4/h5-9,11,13H,10H2,1-4H3,(H2,18,21)(H,19,22)(H,20,23)/t11-,13+/m0/s1. The maximum Gasteiger partial charge on any atom is 0.408 e. The Morgan fingerprint density at radius 1 is 1.12 bits per heavy atom. The van der Waals surface area contributed by atoms with E-state index in [2.05, 4.69) is 10.6 Å². The van der Waals surface area contributed by atoms with Crippen molar-refractivity contribution >= 4 is 17.9 Å². The molecule has 1 aromatic carbocycles. The number of hydrogen-bond donors (Lipinski definition) is 3. The predicted molar refractivity (Wildman–Crippen MR) is 90.0 cm³/mol. The molecule has 1 rings (SSSR count). The number of nitrogens with one attached hydrogen (secondary N) is 2. The molecule has 4 N–H and O–H groups in total. The largest absolute Gasteiger partial charge is 0.444 e. The van der Waals surface area contributed by atoms with E-state index in [1.807, 2.05) is 37.3 Å². The highest BCUT2D eigenvalue weighted by Gasteiger charge is 2.26. The van der Waals surface area contributed by atoms with Crippen molar-refractivity contribution < 1.29 is 19.1 Å². The van der Waals surface area contributed by atoms with Crippen LogP contribution < -0.4 is 16.4 Å². The number of carbonyl (C=O) groups is 3. The molecule has 132 valence electrons. The van der Waals surface area contributed by atoms with E-state index in [4.69, 9.17) is 10.5 Å². The molecule has 0 aliphatic heterocycles. The summed E-state index contributed by atoms with van der Waals surface area (Å²) in [5.74, 6) is -1.20. The lowest BCUT2D eigenvalue weighted by Crippen LogP contribution is -2.50. The van der Waals surface area contributed by atoms with Gasteiger partial charge in [-0.3, -0.25) is 9.59 Å². The van der Waals surface area contributed by atoms with E-state index in [9.17, 15) is 14.4 Å². The highest BCUT2D eigenvalue weighted by molar-refractivity contribution is 5.90. The zero-order chi connectivity index (χ0) is 18.3. The minimum atomic E-state index is -1.09. The van der Waals surface area contributed by atoms with Crippen LogP contribution in [0.2, 0.25) is 0 Å². The Morgan fingerprint density at radius 3 is 2.21 bits per heavy atom. The fourth-order valence-corrected chi connectivity index (χ4v) is 2.00. The van der Waals surface area contributed by atoms with Crippen molar-refractivity contribution in [2.24, 2.45) is 5.73 Å². The van der Waals surface area contributed by atoms with Crippen LogP contribution in [-0.2, 0) is 14.3 Å². The number of benzene rings is 1. The first-order chi connectivity index (χ1) is 11.1. The van der Waals surface area contributed by atoms with Crippen molar-refractivity contribution in [3.63, 3.8) is 0 Å². The van der Waals surface area contributed by atoms with Crippen LogP contribution in [0.25, 0.3) is 0 Å². The van der Waals surface area contributed by atoms with Gasteiger partial charge < -0.3 is 21.1 Å². The summed E-state index contributed by atoms with van der Waals surface area (Å²) in [6.45, 7) is 6.91. The van der Waals surface area contributed by atoms with Crippen molar-refractivity contribution in [1.29, 1.82) is 0 Å². The molecular formula is C17H25N3O4. The van der Waals surface area contributed by atoms with Gasteiger partial charge in [0, 0.05) is 0 Å². The van der Waals surface area contributed by atoms with E-state index in [0.717, 1.165) is 5.56 Å². The van der Waals surface area contributed by atoms with Crippen LogP contribution in [0.4, 0.5) is 4.79 Å². The van der Waals surface area contributed by atoms with Crippen LogP contribution in [0.1, 0.15) is 45.7 Å². The average Bonchev–Trinajstić information content (AvgIpc) is 2.44. The highest BCUT2D eigenvalue weighted by atomic mass is 16.6. The Labute approximate surface area is 141 Å². The summed E-state index contributed by atoms with van der Waals surface area (Å²) in [7, 11) is 0. The van der Waals surface area contributed by atoms with Crippen LogP contribution in [0.15, 0.2) is 30.3 Å². The van der Waals surface area contributed by atoms with Gasteiger partial charge in [0.2, 0.25) is 11.8 Å². The van der Waals surface area contributed by atoms with Gasteiger partial charge in [0.05, 0.1) is 12.5 Å². The molecule has 2 atom stereocenters. The average molecular weight is 335 g/mol. The number of amides is 3. The molecule has 0 aliphatic rings. The predicted octanol–water partition coefficient (Wildman–Crippen LogP) is 1.63. The Hall–Kier alpha value is -2.57. The van der Waals surface area contributed by atoms with Gasteiger partial charge in [-0.15, -0.1) is 0 Å². The third-order valence-corrected chi connectivity index (χ3v) is 3.07. The summed E-state index contributed by atoms with van der Waals surface area (Å²) < 4.78 is 5.11. The number of carbonyl (C=O) groups excluding carboxylic acids is 3. The van der Waals surface area contributed by atoms with E-state index in [0.29, 0.717) is 0 Å². The number of hydrogen-bond acceptors (Lipinski definition) is 4. The third kappa shape index (κ3) is 7.13. The quantitative estimate of drug-likeness (QED) is 0.733. The molecule has 3 amide bonds. The molecule has 1 aromatic rings. The molecule has 0 aromatic heterocycles. The smallest absolute Gasteiger partial charge is 0.408 e. The van der Waals surface area contributed by atoms with Crippen molar-refractivity contribution in [2.45, 2.75) is 51.8 Å². The maximum atomic E-state index is 12.4. The lowest BCUT2D eigenvalue weighted by Gasteiger charge is -2.24. The highest BCUT2D eigenvalue weighted by Crippen LogP contribution is 2.12. The summed E-state index contributed by atoms with van der Waals surface area (Å²) in [6.07, 6.45) is -1.09. The first kappa shape index (κ1) is 19.5. The van der Waals surface area contributed by atoms with Crippen LogP contribution in [0.5, 0.6) is 0 Å². The molecule has 0 spiro atoms. The topological polar surface area (TPSA) is 111 Å². The van der Waals surface area contributed by atoms with Crippen LogP contribution in [-0.4, -0.2) is 29.6 Å². The van der Waals surface area contributed by atoms with Crippen molar-refractivity contribution in [3.05, 3.63) is 35.9 Å².